The van der Waals surface area contributed by atoms with E-state index in [1.54, 1.807) is 6.92 Å². The van der Waals surface area contributed by atoms with Crippen molar-refractivity contribution in [3.63, 3.8) is 0 Å². The molecule has 0 unspecified atom stereocenters. The molecule has 2 aromatic carbocycles. The lowest BCUT2D eigenvalue weighted by Crippen LogP contribution is -2.31. The van der Waals surface area contributed by atoms with Crippen molar-refractivity contribution in [1.82, 2.24) is 9.55 Å². The highest BCUT2D eigenvalue weighted by Crippen LogP contribution is 2.13. The molecule has 3 rings (SSSR count). The Morgan fingerprint density at radius 3 is 2.34 bits per heavy atom. The van der Waals surface area contributed by atoms with Gasteiger partial charge in [-0.1, -0.05) is 72.3 Å². The van der Waals surface area contributed by atoms with Crippen LogP contribution in [-0.4, -0.2) is 22.1 Å². The van der Waals surface area contributed by atoms with Gasteiger partial charge in [-0.25, -0.2) is 4.98 Å². The number of nitrogens with one attached hydrogen (secondary N) is 1. The van der Waals surface area contributed by atoms with Crippen molar-refractivity contribution in [1.29, 1.82) is 0 Å². The van der Waals surface area contributed by atoms with E-state index in [-0.39, 0.29) is 24.1 Å². The van der Waals surface area contributed by atoms with Gasteiger partial charge < -0.3 is 10.1 Å². The van der Waals surface area contributed by atoms with Crippen LogP contribution in [0.2, 0.25) is 5.15 Å². The number of ether oxygens (including phenoxy) is 1. The molecular weight excluding hydrogens is 390 g/mol. The number of halogens is 1. The molecule has 0 aliphatic carbocycles. The Labute approximate surface area is 174 Å². The first kappa shape index (κ1) is 20.6. The van der Waals surface area contributed by atoms with Gasteiger partial charge in [0.25, 0.3) is 5.56 Å². The van der Waals surface area contributed by atoms with Gasteiger partial charge in [-0.3, -0.25) is 14.2 Å². The molecule has 0 saturated heterocycles. The Bertz CT molecular complexity index is 1020. The third-order valence-electron chi connectivity index (χ3n) is 4.44. The second-order valence-corrected chi connectivity index (χ2v) is 6.89. The molecule has 29 heavy (non-hydrogen) atoms. The zero-order valence-corrected chi connectivity index (χ0v) is 16.9. The van der Waals surface area contributed by atoms with Crippen LogP contribution >= 0.6 is 11.6 Å². The first-order valence-electron chi connectivity index (χ1n) is 9.29. The highest BCUT2D eigenvalue weighted by Gasteiger charge is 2.15. The first-order valence-corrected chi connectivity index (χ1v) is 9.66. The summed E-state index contributed by atoms with van der Waals surface area (Å²) in [6.45, 7) is 2.08. The van der Waals surface area contributed by atoms with Gasteiger partial charge >= 0.3 is 5.97 Å². The van der Waals surface area contributed by atoms with Crippen molar-refractivity contribution >= 4 is 23.4 Å². The quantitative estimate of drug-likeness (QED) is 0.573. The van der Waals surface area contributed by atoms with Gasteiger partial charge in [-0.15, -0.1) is 0 Å². The van der Waals surface area contributed by atoms with Crippen LogP contribution in [0.15, 0.2) is 65.5 Å². The lowest BCUT2D eigenvalue weighted by molar-refractivity contribution is -0.145. The summed E-state index contributed by atoms with van der Waals surface area (Å²) >= 11 is 6.18. The van der Waals surface area contributed by atoms with Crippen LogP contribution in [0.3, 0.4) is 0 Å². The van der Waals surface area contributed by atoms with Crippen molar-refractivity contribution in [3.8, 4) is 0 Å². The Kier molecular flexibility index (Phi) is 7.03. The Morgan fingerprint density at radius 2 is 1.69 bits per heavy atom. The number of aromatic nitrogens is 2. The second-order valence-electron chi connectivity index (χ2n) is 6.54. The topological polar surface area (TPSA) is 73.2 Å². The number of esters is 1. The highest BCUT2D eigenvalue weighted by molar-refractivity contribution is 6.30. The van der Waals surface area contributed by atoms with Gasteiger partial charge in [-0.2, -0.15) is 0 Å². The largest absolute Gasteiger partial charge is 0.459 e. The van der Waals surface area contributed by atoms with Crippen molar-refractivity contribution in [3.05, 3.63) is 93.0 Å². The third kappa shape index (κ3) is 5.68. The van der Waals surface area contributed by atoms with E-state index in [0.717, 1.165) is 17.5 Å². The van der Waals surface area contributed by atoms with Crippen molar-refractivity contribution in [2.24, 2.45) is 0 Å². The van der Waals surface area contributed by atoms with Gasteiger partial charge in [0.05, 0.1) is 5.69 Å². The molecule has 0 atom stereocenters. The highest BCUT2D eigenvalue weighted by atomic mass is 35.5. The zero-order valence-electron chi connectivity index (χ0n) is 16.1. The van der Waals surface area contributed by atoms with Crippen LogP contribution < -0.4 is 10.9 Å². The van der Waals surface area contributed by atoms with E-state index in [1.165, 1.54) is 4.57 Å². The summed E-state index contributed by atoms with van der Waals surface area (Å²) in [5.41, 5.74) is 2.03. The number of benzene rings is 2. The number of carbonyl (C=O) groups is 1. The van der Waals surface area contributed by atoms with Crippen molar-refractivity contribution in [2.75, 3.05) is 11.9 Å². The van der Waals surface area contributed by atoms with Gasteiger partial charge in [-0.05, 0) is 24.5 Å². The lowest BCUT2D eigenvalue weighted by atomic mass is 10.1. The predicted octanol–water partition coefficient (Wildman–Crippen LogP) is 3.60. The molecule has 0 fully saturated rings. The van der Waals surface area contributed by atoms with Crippen LogP contribution in [0, 0.1) is 6.92 Å². The van der Waals surface area contributed by atoms with Gasteiger partial charge in [0, 0.05) is 6.54 Å². The van der Waals surface area contributed by atoms with Crippen LogP contribution in [-0.2, 0) is 29.1 Å². The fraction of sp³-hybridized carbons (Fsp3) is 0.227. The smallest absolute Gasteiger partial charge is 0.326 e. The zero-order chi connectivity index (χ0) is 20.6. The summed E-state index contributed by atoms with van der Waals surface area (Å²) in [6, 6.07) is 19.3. The fourth-order valence-corrected chi connectivity index (χ4v) is 2.99. The number of anilines is 1. The molecule has 0 aliphatic heterocycles. The molecular formula is C22H22ClN3O3. The standard InChI is InChI=1S/C22H22ClN3O3/c1-16-20(23)25-21(24-13-12-17-8-4-2-5-9-17)22(28)26(16)14-19(27)29-15-18-10-6-3-7-11-18/h2-11H,12-15H2,1H3,(H,24,25). The Hall–Kier alpha value is -3.12. The summed E-state index contributed by atoms with van der Waals surface area (Å²) in [5.74, 6) is -0.399. The summed E-state index contributed by atoms with van der Waals surface area (Å²) in [5, 5.41) is 3.19. The maximum Gasteiger partial charge on any atom is 0.326 e. The van der Waals surface area contributed by atoms with Crippen LogP contribution in [0.1, 0.15) is 16.8 Å². The SMILES string of the molecule is Cc1c(Cl)nc(NCCc2ccccc2)c(=O)n1CC(=O)OCc1ccccc1. The maximum absolute atomic E-state index is 12.8. The number of carbonyl (C=O) groups excluding carboxylic acids is 1. The molecule has 1 heterocycles. The molecule has 3 aromatic rings. The molecule has 0 aliphatic rings. The van der Waals surface area contributed by atoms with Crippen LogP contribution in [0.4, 0.5) is 5.82 Å². The van der Waals surface area contributed by atoms with Gasteiger partial charge in [0.1, 0.15) is 13.2 Å². The third-order valence-corrected chi connectivity index (χ3v) is 4.80. The fourth-order valence-electron chi connectivity index (χ4n) is 2.81. The Morgan fingerprint density at radius 1 is 1.07 bits per heavy atom. The van der Waals surface area contributed by atoms with Crippen molar-refractivity contribution < 1.29 is 9.53 Å². The summed E-state index contributed by atoms with van der Waals surface area (Å²) in [7, 11) is 0. The number of hydrogen-bond acceptors (Lipinski definition) is 5. The van der Waals surface area contributed by atoms with E-state index in [1.807, 2.05) is 60.7 Å². The number of nitrogens with zero attached hydrogens (tertiary/aromatic N) is 2. The Balaban J connectivity index is 1.66. The van der Waals surface area contributed by atoms with Gasteiger partial charge in [0.15, 0.2) is 11.0 Å². The molecule has 0 amide bonds. The molecule has 0 bridgehead atoms. The minimum Gasteiger partial charge on any atom is -0.459 e. The minimum absolute atomic E-state index is 0.118. The first-order chi connectivity index (χ1) is 14.0. The average molecular weight is 412 g/mol. The van der Waals surface area contributed by atoms with E-state index < -0.39 is 11.5 Å². The van der Waals surface area contributed by atoms with Crippen LogP contribution in [0.25, 0.3) is 0 Å². The van der Waals surface area contributed by atoms with E-state index >= 15 is 0 Å². The van der Waals surface area contributed by atoms with E-state index in [2.05, 4.69) is 10.3 Å². The molecule has 7 heteroatoms. The van der Waals surface area contributed by atoms with E-state index in [4.69, 9.17) is 16.3 Å². The molecule has 0 saturated carbocycles. The number of rotatable bonds is 8. The van der Waals surface area contributed by atoms with E-state index in [9.17, 15) is 9.59 Å². The lowest BCUT2D eigenvalue weighted by Gasteiger charge is -2.13. The van der Waals surface area contributed by atoms with Crippen molar-refractivity contribution in [2.45, 2.75) is 26.5 Å². The molecule has 0 radical (unpaired) electrons. The normalized spacial score (nSPS) is 10.6. The number of hydrogen-bond donors (Lipinski definition) is 1. The minimum atomic E-state index is -0.517. The molecule has 6 nitrogen and oxygen atoms in total. The van der Waals surface area contributed by atoms with Gasteiger partial charge in [0.2, 0.25) is 0 Å². The predicted molar refractivity (Wildman–Crippen MR) is 113 cm³/mol. The molecule has 150 valence electrons. The van der Waals surface area contributed by atoms with E-state index in [0.29, 0.717) is 12.2 Å². The summed E-state index contributed by atoms with van der Waals surface area (Å²) in [4.78, 5) is 29.1. The monoisotopic (exact) mass is 411 g/mol. The molecule has 1 N–H and O–H groups in total. The second kappa shape index (κ2) is 9.89. The molecule has 1 aromatic heterocycles. The summed E-state index contributed by atoms with van der Waals surface area (Å²) < 4.78 is 6.56. The summed E-state index contributed by atoms with van der Waals surface area (Å²) in [6.07, 6.45) is 0.729. The molecule has 0 spiro atoms. The van der Waals surface area contributed by atoms with Crippen LogP contribution in [0.5, 0.6) is 0 Å². The maximum atomic E-state index is 12.8. The average Bonchev–Trinajstić information content (AvgIpc) is 2.75.